The molecule has 1 rings (SSSR count). The molecule has 0 aromatic carbocycles. The second-order valence-electron chi connectivity index (χ2n) is 20.6. The van der Waals surface area contributed by atoms with Crippen LogP contribution in [-0.4, -0.2) is 66.0 Å². The molecule has 300 valence electrons. The van der Waals surface area contributed by atoms with Gasteiger partial charge in [-0.3, -0.25) is 9.59 Å². The topological polar surface area (TPSA) is 71.1 Å². The summed E-state index contributed by atoms with van der Waals surface area (Å²) in [6, 6.07) is 2.37. The largest absolute Gasteiger partial charge is 0.465 e. The van der Waals surface area contributed by atoms with Crippen molar-refractivity contribution >= 4 is 53.3 Å². The van der Waals surface area contributed by atoms with Crippen molar-refractivity contribution in [1.82, 2.24) is 0 Å². The molecule has 1 fully saturated rings. The minimum Gasteiger partial charge on any atom is -0.465 e. The predicted octanol–water partition coefficient (Wildman–Crippen LogP) is 13.1. The van der Waals surface area contributed by atoms with Crippen molar-refractivity contribution in [3.05, 3.63) is 0 Å². The lowest BCUT2D eigenvalue weighted by atomic mass is 9.90. The summed E-state index contributed by atoms with van der Waals surface area (Å²) in [4.78, 5) is 23.8. The Bertz CT molecular complexity index is 969. The first-order valence-corrected chi connectivity index (χ1v) is 36.6. The maximum absolute atomic E-state index is 12.0. The van der Waals surface area contributed by atoms with Crippen LogP contribution in [0, 0.1) is 16.7 Å². The van der Waals surface area contributed by atoms with Crippen LogP contribution in [0.15, 0.2) is 0 Å². The summed E-state index contributed by atoms with van der Waals surface area (Å²) in [5.74, 6) is 0.736. The van der Waals surface area contributed by atoms with E-state index in [1.54, 1.807) is 0 Å². The molecule has 0 amide bonds. The molecule has 0 spiro atoms. The van der Waals surface area contributed by atoms with Gasteiger partial charge in [0.2, 0.25) is 0 Å². The zero-order valence-electron chi connectivity index (χ0n) is 37.5. The Labute approximate surface area is 318 Å². The van der Waals surface area contributed by atoms with Gasteiger partial charge in [-0.05, 0) is 162 Å². The first-order chi connectivity index (χ1) is 22.2. The van der Waals surface area contributed by atoms with Gasteiger partial charge in [0.15, 0.2) is 33.3 Å². The summed E-state index contributed by atoms with van der Waals surface area (Å²) in [7, 11) is -6.73. The first kappa shape index (κ1) is 52.0. The number of carbonyl (C=O) groups is 2. The van der Waals surface area contributed by atoms with Gasteiger partial charge >= 0.3 is 11.9 Å². The van der Waals surface area contributed by atoms with Gasteiger partial charge in [-0.25, -0.2) is 0 Å². The standard InChI is InChI=1S/C15H30O2Si.C14H32O3Si2.C10H26OSi2/c1-7-15(2,3)14(16)17-12-8-10-13(11-9-12)18(4,5)6;1-9-14(2,3)13(15)16-11-10-12-19(7,8)17-18(4,5)6;1-8-10(2)9-13(6,7)11-12(3,4)5/h12-13H,7-11H2,1-6H3;9-12H2,1-8H3;10H,8-9H2,1-7H3. The highest BCUT2D eigenvalue weighted by molar-refractivity contribution is 6.84. The van der Waals surface area contributed by atoms with Gasteiger partial charge in [0.05, 0.1) is 17.4 Å². The number of esters is 2. The molecule has 0 aromatic rings. The van der Waals surface area contributed by atoms with Crippen molar-refractivity contribution in [3.63, 3.8) is 0 Å². The van der Waals surface area contributed by atoms with Gasteiger partial charge < -0.3 is 17.7 Å². The second kappa shape index (κ2) is 21.7. The fraction of sp³-hybridized carbons (Fsp3) is 0.949. The number of hydrogen-bond acceptors (Lipinski definition) is 6. The van der Waals surface area contributed by atoms with Gasteiger partial charge in [0, 0.05) is 8.07 Å². The smallest absolute Gasteiger partial charge is 0.311 e. The normalized spacial score (nSPS) is 18.6. The van der Waals surface area contributed by atoms with Crippen LogP contribution in [0.2, 0.25) is 103 Å². The van der Waals surface area contributed by atoms with Crippen molar-refractivity contribution in [2.24, 2.45) is 16.7 Å². The SMILES string of the molecule is CCC(C)(C)C(=O)OC1CCC([Si](C)(C)C)CC1.CCC(C)(C)C(=O)OCCC[Si](C)(C)O[Si](C)(C)C.CCC(C)C[Si](C)(C)O[Si](C)(C)C. The lowest BCUT2D eigenvalue weighted by molar-refractivity contribution is -0.161. The molecule has 1 saturated carbocycles. The Balaban J connectivity index is 0. The molecule has 1 atom stereocenters. The third kappa shape index (κ3) is 25.1. The Morgan fingerprint density at radius 3 is 1.46 bits per heavy atom. The Morgan fingerprint density at radius 2 is 1.08 bits per heavy atom. The Kier molecular flexibility index (Phi) is 22.6. The summed E-state index contributed by atoms with van der Waals surface area (Å²) in [5, 5.41) is 0. The second-order valence-corrected chi connectivity index (χ2v) is 44.2. The molecular formula is C39H88O6Si5. The highest BCUT2D eigenvalue weighted by Gasteiger charge is 2.35. The molecule has 1 aliphatic carbocycles. The van der Waals surface area contributed by atoms with Gasteiger partial charge in [0.1, 0.15) is 6.10 Å². The fourth-order valence-corrected chi connectivity index (χ4v) is 25.3. The average molecular weight is 794 g/mol. The summed E-state index contributed by atoms with van der Waals surface area (Å²) in [5.41, 5.74) is 0.226. The quantitative estimate of drug-likeness (QED) is 0.0830. The van der Waals surface area contributed by atoms with Crippen molar-refractivity contribution in [2.45, 2.75) is 216 Å². The summed E-state index contributed by atoms with van der Waals surface area (Å²) < 4.78 is 23.6. The van der Waals surface area contributed by atoms with Crippen molar-refractivity contribution in [3.8, 4) is 0 Å². The average Bonchev–Trinajstić information content (AvgIpc) is 2.92. The molecule has 11 heteroatoms. The number of ether oxygens (including phenoxy) is 2. The van der Waals surface area contributed by atoms with Crippen LogP contribution in [-0.2, 0) is 27.3 Å². The third-order valence-electron chi connectivity index (χ3n) is 9.90. The fourth-order valence-electron chi connectivity index (χ4n) is 6.24. The van der Waals surface area contributed by atoms with Gasteiger partial charge in [0.25, 0.3) is 0 Å². The predicted molar refractivity (Wildman–Crippen MR) is 232 cm³/mol. The van der Waals surface area contributed by atoms with E-state index in [2.05, 4.69) is 99.0 Å². The maximum atomic E-state index is 12.0. The van der Waals surface area contributed by atoms with E-state index >= 15 is 0 Å². The molecule has 0 heterocycles. The summed E-state index contributed by atoms with van der Waals surface area (Å²) in [6.07, 6.45) is 8.67. The van der Waals surface area contributed by atoms with E-state index in [0.29, 0.717) is 6.61 Å². The Morgan fingerprint density at radius 1 is 0.660 bits per heavy atom. The molecule has 0 aliphatic heterocycles. The number of hydrogen-bond donors (Lipinski definition) is 0. The van der Waals surface area contributed by atoms with E-state index in [0.717, 1.165) is 49.6 Å². The van der Waals surface area contributed by atoms with E-state index in [1.807, 2.05) is 41.5 Å². The molecule has 0 radical (unpaired) electrons. The molecule has 1 unspecified atom stereocenters. The van der Waals surface area contributed by atoms with Gasteiger partial charge in [-0.2, -0.15) is 0 Å². The summed E-state index contributed by atoms with van der Waals surface area (Å²) >= 11 is 0. The molecule has 1 aliphatic rings. The molecule has 0 aromatic heterocycles. The van der Waals surface area contributed by atoms with Gasteiger partial charge in [-0.15, -0.1) is 0 Å². The molecule has 0 saturated heterocycles. The Hall–Kier alpha value is -0.0556. The molecule has 6 nitrogen and oxygen atoms in total. The molecule has 0 N–H and O–H groups in total. The van der Waals surface area contributed by atoms with Crippen LogP contribution in [0.4, 0.5) is 0 Å². The number of carbonyl (C=O) groups excluding carboxylic acids is 2. The minimum atomic E-state index is -1.59. The highest BCUT2D eigenvalue weighted by Crippen LogP contribution is 2.38. The van der Waals surface area contributed by atoms with Gasteiger partial charge in [-0.1, -0.05) is 53.8 Å². The third-order valence-corrected chi connectivity index (χ3v) is 25.5. The summed E-state index contributed by atoms with van der Waals surface area (Å²) in [6.45, 7) is 47.1. The van der Waals surface area contributed by atoms with E-state index < -0.39 is 41.3 Å². The van der Waals surface area contributed by atoms with Crippen LogP contribution in [0.3, 0.4) is 0 Å². The van der Waals surface area contributed by atoms with E-state index in [-0.39, 0.29) is 28.9 Å². The molecular weight excluding hydrogens is 705 g/mol. The monoisotopic (exact) mass is 793 g/mol. The van der Waals surface area contributed by atoms with Crippen molar-refractivity contribution in [2.75, 3.05) is 6.61 Å². The highest BCUT2D eigenvalue weighted by atomic mass is 28.4. The van der Waals surface area contributed by atoms with Crippen LogP contribution >= 0.6 is 0 Å². The maximum Gasteiger partial charge on any atom is 0.311 e. The molecule has 0 bridgehead atoms. The first-order valence-electron chi connectivity index (χ1n) is 20.0. The zero-order valence-corrected chi connectivity index (χ0v) is 42.5. The van der Waals surface area contributed by atoms with E-state index in [9.17, 15) is 9.59 Å². The number of rotatable bonds is 17. The van der Waals surface area contributed by atoms with Crippen LogP contribution in [0.5, 0.6) is 0 Å². The van der Waals surface area contributed by atoms with Crippen molar-refractivity contribution in [1.29, 1.82) is 0 Å². The van der Waals surface area contributed by atoms with E-state index in [4.69, 9.17) is 17.7 Å². The van der Waals surface area contributed by atoms with Crippen LogP contribution in [0.1, 0.15) is 107 Å². The van der Waals surface area contributed by atoms with Crippen LogP contribution in [0.25, 0.3) is 0 Å². The molecule has 50 heavy (non-hydrogen) atoms. The van der Waals surface area contributed by atoms with Crippen LogP contribution < -0.4 is 0 Å². The zero-order chi connectivity index (χ0) is 40.0. The van der Waals surface area contributed by atoms with E-state index in [1.165, 1.54) is 25.3 Å². The minimum absolute atomic E-state index is 0.0125. The lowest BCUT2D eigenvalue weighted by Crippen LogP contribution is -2.43. The lowest BCUT2D eigenvalue weighted by Gasteiger charge is -2.36. The van der Waals surface area contributed by atoms with Crippen molar-refractivity contribution < 1.29 is 27.3 Å².